The highest BCUT2D eigenvalue weighted by Gasteiger charge is 2.38. The van der Waals surface area contributed by atoms with Crippen LogP contribution in [-0.4, -0.2) is 85.4 Å². The van der Waals surface area contributed by atoms with Crippen molar-refractivity contribution in [2.75, 3.05) is 26.8 Å². The first-order valence-corrected chi connectivity index (χ1v) is 13.0. The van der Waals surface area contributed by atoms with E-state index < -0.39 is 12.1 Å². The lowest BCUT2D eigenvalue weighted by Gasteiger charge is -2.20. The van der Waals surface area contributed by atoms with E-state index >= 15 is 0 Å². The van der Waals surface area contributed by atoms with Gasteiger partial charge in [-0.1, -0.05) is 5.21 Å². The third-order valence-corrected chi connectivity index (χ3v) is 7.23. The standard InChI is InChI=1S/C27H30N8O5/c1-15-9-19(24-16(2)31-33(3)25(24)28-15)27(37)34-12-20-23(13-34)40-14-18-11-35(32-30-18)7-8-39-22-10-17(26(36)29-20)5-6-21(22)38-4/h5-6,9-11,20,23H,7-8,12-14H2,1-4H3,(H,29,36)/t20-,23-/m0/s1. The Kier molecular flexibility index (Phi) is 6.58. The van der Waals surface area contributed by atoms with Gasteiger partial charge in [-0.15, -0.1) is 5.10 Å². The lowest BCUT2D eigenvalue weighted by molar-refractivity contribution is 0.0291. The first kappa shape index (κ1) is 25.7. The Morgan fingerprint density at radius 1 is 1.20 bits per heavy atom. The predicted molar refractivity (Wildman–Crippen MR) is 142 cm³/mol. The smallest absolute Gasteiger partial charge is 0.254 e. The summed E-state index contributed by atoms with van der Waals surface area (Å²) in [7, 11) is 3.36. The van der Waals surface area contributed by atoms with Crippen LogP contribution < -0.4 is 14.8 Å². The van der Waals surface area contributed by atoms with E-state index in [4.69, 9.17) is 14.2 Å². The van der Waals surface area contributed by atoms with Crippen LogP contribution in [0.5, 0.6) is 11.5 Å². The molecule has 1 fully saturated rings. The number of aromatic nitrogens is 6. The number of nitrogens with zero attached hydrogens (tertiary/aromatic N) is 7. The summed E-state index contributed by atoms with van der Waals surface area (Å²) in [4.78, 5) is 33.5. The predicted octanol–water partition coefficient (Wildman–Crippen LogP) is 1.42. The van der Waals surface area contributed by atoms with Gasteiger partial charge in [-0.05, 0) is 38.1 Å². The van der Waals surface area contributed by atoms with Crippen molar-refractivity contribution in [3.63, 3.8) is 0 Å². The van der Waals surface area contributed by atoms with E-state index in [-0.39, 0.29) is 31.5 Å². The van der Waals surface area contributed by atoms with Gasteiger partial charge in [-0.3, -0.25) is 14.3 Å². The molecule has 6 rings (SSSR count). The molecular formula is C27H30N8O5. The number of nitrogens with one attached hydrogen (secondary N) is 1. The van der Waals surface area contributed by atoms with Gasteiger partial charge in [0.25, 0.3) is 11.8 Å². The zero-order valence-electron chi connectivity index (χ0n) is 22.7. The highest BCUT2D eigenvalue weighted by molar-refractivity contribution is 6.06. The number of rotatable bonds is 2. The van der Waals surface area contributed by atoms with Gasteiger partial charge in [-0.2, -0.15) is 5.10 Å². The average Bonchev–Trinajstić information content (AvgIpc) is 3.63. The lowest BCUT2D eigenvalue weighted by atomic mass is 10.1. The zero-order valence-corrected chi connectivity index (χ0v) is 22.7. The number of likely N-dealkylation sites (tertiary alicyclic amines) is 1. The minimum Gasteiger partial charge on any atom is -0.493 e. The van der Waals surface area contributed by atoms with E-state index in [0.29, 0.717) is 47.1 Å². The summed E-state index contributed by atoms with van der Waals surface area (Å²) in [5, 5.41) is 16.6. The van der Waals surface area contributed by atoms with Gasteiger partial charge in [-0.25, -0.2) is 9.67 Å². The van der Waals surface area contributed by atoms with Crippen LogP contribution >= 0.6 is 0 Å². The number of pyridine rings is 1. The Labute approximate surface area is 230 Å². The van der Waals surface area contributed by atoms with Gasteiger partial charge in [0.1, 0.15) is 12.3 Å². The molecule has 1 N–H and O–H groups in total. The fourth-order valence-corrected chi connectivity index (χ4v) is 5.29. The highest BCUT2D eigenvalue weighted by Crippen LogP contribution is 2.29. The summed E-state index contributed by atoms with van der Waals surface area (Å²) < 4.78 is 20.9. The molecule has 0 aliphatic carbocycles. The summed E-state index contributed by atoms with van der Waals surface area (Å²) in [5.41, 5.74) is 3.68. The van der Waals surface area contributed by atoms with Crippen LogP contribution in [0.3, 0.4) is 0 Å². The van der Waals surface area contributed by atoms with E-state index in [9.17, 15) is 9.59 Å². The van der Waals surface area contributed by atoms with Gasteiger partial charge in [0.15, 0.2) is 17.1 Å². The van der Waals surface area contributed by atoms with E-state index in [0.717, 1.165) is 16.8 Å². The van der Waals surface area contributed by atoms with Crippen molar-refractivity contribution in [2.24, 2.45) is 7.05 Å². The number of carbonyl (C=O) groups is 2. The highest BCUT2D eigenvalue weighted by atomic mass is 16.5. The van der Waals surface area contributed by atoms with Crippen molar-refractivity contribution in [1.82, 2.24) is 40.0 Å². The molecule has 5 heterocycles. The summed E-state index contributed by atoms with van der Waals surface area (Å²) in [6, 6.07) is 6.35. The molecule has 0 spiro atoms. The fraction of sp³-hybridized carbons (Fsp3) is 0.407. The largest absolute Gasteiger partial charge is 0.493 e. The molecule has 0 unspecified atom stereocenters. The van der Waals surface area contributed by atoms with Crippen molar-refractivity contribution in [2.45, 2.75) is 39.1 Å². The van der Waals surface area contributed by atoms with E-state index in [1.54, 1.807) is 51.8 Å². The maximum atomic E-state index is 13.9. The van der Waals surface area contributed by atoms with Gasteiger partial charge in [0.05, 0.1) is 55.2 Å². The number of hydrogen-bond donors (Lipinski definition) is 1. The molecule has 2 aliphatic rings. The molecule has 2 aliphatic heterocycles. The summed E-state index contributed by atoms with van der Waals surface area (Å²) >= 11 is 0. The summed E-state index contributed by atoms with van der Waals surface area (Å²) in [6.07, 6.45) is 1.33. The van der Waals surface area contributed by atoms with Gasteiger partial charge >= 0.3 is 0 Å². The first-order valence-electron chi connectivity index (χ1n) is 13.0. The zero-order chi connectivity index (χ0) is 28.0. The number of hydrogen-bond acceptors (Lipinski definition) is 9. The molecule has 3 aromatic heterocycles. The van der Waals surface area contributed by atoms with Crippen molar-refractivity contribution < 1.29 is 23.8 Å². The molecule has 40 heavy (non-hydrogen) atoms. The van der Waals surface area contributed by atoms with Crippen molar-refractivity contribution in [1.29, 1.82) is 0 Å². The van der Waals surface area contributed by atoms with Crippen LogP contribution in [0.1, 0.15) is 37.8 Å². The van der Waals surface area contributed by atoms with Gasteiger partial charge in [0, 0.05) is 31.4 Å². The normalized spacial score (nSPS) is 19.4. The number of benzene rings is 1. The van der Waals surface area contributed by atoms with Crippen molar-refractivity contribution in [3.8, 4) is 11.5 Å². The number of methoxy groups -OCH3 is 1. The molecule has 2 atom stereocenters. The Morgan fingerprint density at radius 3 is 2.88 bits per heavy atom. The Morgan fingerprint density at radius 2 is 2.05 bits per heavy atom. The second-order valence-electron chi connectivity index (χ2n) is 10.0. The van der Waals surface area contributed by atoms with Crippen molar-refractivity contribution in [3.05, 3.63) is 58.7 Å². The first-order chi connectivity index (χ1) is 19.3. The maximum absolute atomic E-state index is 13.9. The number of carbonyl (C=O) groups excluding carboxylic acids is 2. The summed E-state index contributed by atoms with van der Waals surface area (Å²) in [5.74, 6) is 0.496. The van der Waals surface area contributed by atoms with Gasteiger partial charge in [0.2, 0.25) is 0 Å². The molecule has 4 aromatic rings. The molecular weight excluding hydrogens is 516 g/mol. The SMILES string of the molecule is COc1ccc2cc1OCCn1cc(nn1)CO[C@H]1CN(C(=O)c3cc(C)nc4c3c(C)nn4C)C[C@@H]1NC2=O. The average molecular weight is 547 g/mol. The number of aryl methyl sites for hydroxylation is 3. The molecule has 208 valence electrons. The fourth-order valence-electron chi connectivity index (χ4n) is 5.29. The molecule has 1 saturated heterocycles. The summed E-state index contributed by atoms with van der Waals surface area (Å²) in [6.45, 7) is 5.22. The Hall–Kier alpha value is -4.52. The maximum Gasteiger partial charge on any atom is 0.254 e. The van der Waals surface area contributed by atoms with Crippen molar-refractivity contribution >= 4 is 22.8 Å². The van der Waals surface area contributed by atoms with E-state index in [1.807, 2.05) is 20.9 Å². The quantitative estimate of drug-likeness (QED) is 0.395. The van der Waals surface area contributed by atoms with Crippen LogP contribution in [-0.2, 0) is 24.9 Å². The molecule has 13 heteroatoms. The number of fused-ring (bicyclic) bond motifs is 6. The number of amides is 2. The third-order valence-electron chi connectivity index (χ3n) is 7.23. The lowest BCUT2D eigenvalue weighted by Crippen LogP contribution is -2.44. The monoisotopic (exact) mass is 546 g/mol. The van der Waals surface area contributed by atoms with E-state index in [2.05, 4.69) is 25.7 Å². The topological polar surface area (TPSA) is 139 Å². The second kappa shape index (κ2) is 10.2. The third kappa shape index (κ3) is 4.72. The molecule has 0 radical (unpaired) electrons. The minimum absolute atomic E-state index is 0.169. The second-order valence-corrected chi connectivity index (χ2v) is 10.0. The molecule has 2 amide bonds. The molecule has 13 nitrogen and oxygen atoms in total. The van der Waals surface area contributed by atoms with Crippen LogP contribution in [0.2, 0.25) is 0 Å². The van der Waals surface area contributed by atoms with Crippen LogP contribution in [0.25, 0.3) is 11.0 Å². The molecule has 0 saturated carbocycles. The molecule has 4 bridgehead atoms. The van der Waals surface area contributed by atoms with Gasteiger partial charge < -0.3 is 24.4 Å². The number of ether oxygens (including phenoxy) is 3. The van der Waals surface area contributed by atoms with Crippen LogP contribution in [0.15, 0.2) is 30.5 Å². The van der Waals surface area contributed by atoms with Crippen LogP contribution in [0, 0.1) is 13.8 Å². The van der Waals surface area contributed by atoms with Crippen LogP contribution in [0.4, 0.5) is 0 Å². The minimum atomic E-state index is -0.467. The Balaban J connectivity index is 1.32. The van der Waals surface area contributed by atoms with E-state index in [1.165, 1.54) is 0 Å². The Bertz CT molecular complexity index is 1610. The molecule has 1 aromatic carbocycles.